The van der Waals surface area contributed by atoms with Gasteiger partial charge in [-0.15, -0.1) is 0 Å². The van der Waals surface area contributed by atoms with Gasteiger partial charge in [-0.3, -0.25) is 0 Å². The molecule has 5 nitrogen and oxygen atoms in total. The van der Waals surface area contributed by atoms with Crippen molar-refractivity contribution < 1.29 is 24.8 Å². The zero-order valence-electron chi connectivity index (χ0n) is 22.9. The van der Waals surface area contributed by atoms with Crippen LogP contribution in [0.25, 0.3) is 0 Å². The molecule has 7 fully saturated rings. The van der Waals surface area contributed by atoms with Crippen LogP contribution in [0.3, 0.4) is 0 Å². The van der Waals surface area contributed by atoms with Gasteiger partial charge in [0.15, 0.2) is 5.79 Å². The van der Waals surface area contributed by atoms with Gasteiger partial charge in [-0.2, -0.15) is 0 Å². The third-order valence-corrected chi connectivity index (χ3v) is 14.0. The summed E-state index contributed by atoms with van der Waals surface area (Å²) in [6.07, 6.45) is 7.16. The Labute approximate surface area is 211 Å². The van der Waals surface area contributed by atoms with Crippen LogP contribution in [0.5, 0.6) is 0 Å². The molecule has 0 aromatic heterocycles. The van der Waals surface area contributed by atoms with Crippen molar-refractivity contribution in [3.8, 4) is 0 Å². The molecule has 0 unspecified atom stereocenters. The van der Waals surface area contributed by atoms with Gasteiger partial charge < -0.3 is 24.8 Å². The van der Waals surface area contributed by atoms with E-state index in [2.05, 4.69) is 34.6 Å². The summed E-state index contributed by atoms with van der Waals surface area (Å²) >= 11 is 0. The first-order valence-electron chi connectivity index (χ1n) is 14.5. The summed E-state index contributed by atoms with van der Waals surface area (Å²) in [6.45, 7) is 15.5. The molecule has 35 heavy (non-hydrogen) atoms. The lowest BCUT2D eigenvalue weighted by molar-refractivity contribution is -0.245. The highest BCUT2D eigenvalue weighted by molar-refractivity contribution is 5.33. The van der Waals surface area contributed by atoms with E-state index in [1.165, 1.54) is 12.8 Å². The maximum absolute atomic E-state index is 12.0. The fourth-order valence-corrected chi connectivity index (χ4v) is 12.7. The maximum Gasteiger partial charge on any atom is 0.173 e. The van der Waals surface area contributed by atoms with Crippen LogP contribution in [0.2, 0.25) is 0 Å². The van der Waals surface area contributed by atoms with Crippen molar-refractivity contribution in [1.82, 2.24) is 0 Å². The minimum atomic E-state index is -0.938. The first-order valence-corrected chi connectivity index (χ1v) is 14.5. The summed E-state index contributed by atoms with van der Waals surface area (Å²) in [5.41, 5.74) is -0.674. The van der Waals surface area contributed by atoms with E-state index in [1.54, 1.807) is 0 Å². The third kappa shape index (κ3) is 2.42. The molecule has 2 aliphatic heterocycles. The fourth-order valence-electron chi connectivity index (χ4n) is 12.7. The molecule has 0 radical (unpaired) electrons. The zero-order chi connectivity index (χ0) is 25.2. The molecule has 13 atom stereocenters. The summed E-state index contributed by atoms with van der Waals surface area (Å²) < 4.78 is 13.7. The van der Waals surface area contributed by atoms with Crippen LogP contribution in [0, 0.1) is 50.7 Å². The van der Waals surface area contributed by atoms with Gasteiger partial charge in [-0.25, -0.2) is 0 Å². The van der Waals surface area contributed by atoms with Crippen molar-refractivity contribution in [3.63, 3.8) is 0 Å². The summed E-state index contributed by atoms with van der Waals surface area (Å²) in [4.78, 5) is 0. The lowest BCUT2D eigenvalue weighted by Crippen LogP contribution is -2.62. The molecule has 2 saturated heterocycles. The van der Waals surface area contributed by atoms with E-state index in [0.29, 0.717) is 11.8 Å². The van der Waals surface area contributed by atoms with E-state index in [0.717, 1.165) is 38.5 Å². The number of fused-ring (bicyclic) bond motifs is 4. The molecule has 5 saturated carbocycles. The number of aliphatic hydroxyl groups excluding tert-OH is 2. The van der Waals surface area contributed by atoms with Gasteiger partial charge in [0.2, 0.25) is 0 Å². The first-order chi connectivity index (χ1) is 16.1. The van der Waals surface area contributed by atoms with Crippen LogP contribution in [0.15, 0.2) is 0 Å². The molecule has 2 bridgehead atoms. The second-order valence-corrected chi connectivity index (χ2v) is 16.1. The Morgan fingerprint density at radius 3 is 2.23 bits per heavy atom. The zero-order valence-corrected chi connectivity index (χ0v) is 22.9. The number of rotatable bonds is 1. The van der Waals surface area contributed by atoms with Crippen molar-refractivity contribution in [1.29, 1.82) is 0 Å². The molecule has 0 aromatic rings. The third-order valence-electron chi connectivity index (χ3n) is 14.0. The molecule has 5 heteroatoms. The van der Waals surface area contributed by atoms with E-state index < -0.39 is 11.4 Å². The molecule has 0 amide bonds. The van der Waals surface area contributed by atoms with Gasteiger partial charge in [-0.1, -0.05) is 34.6 Å². The minimum absolute atomic E-state index is 0.0308. The molecule has 7 aliphatic rings. The average molecular weight is 489 g/mol. The number of hydrogen-bond acceptors (Lipinski definition) is 5. The van der Waals surface area contributed by atoms with Crippen molar-refractivity contribution >= 4 is 0 Å². The molecule has 5 aliphatic carbocycles. The molecular weight excluding hydrogens is 440 g/mol. The topological polar surface area (TPSA) is 79.2 Å². The number of hydrogen-bond donors (Lipinski definition) is 3. The highest BCUT2D eigenvalue weighted by Gasteiger charge is 2.87. The second-order valence-electron chi connectivity index (χ2n) is 16.1. The van der Waals surface area contributed by atoms with Crippen LogP contribution in [0.4, 0.5) is 0 Å². The molecule has 3 spiro atoms. The Morgan fingerprint density at radius 2 is 1.54 bits per heavy atom. The highest BCUT2D eigenvalue weighted by Crippen LogP contribution is 2.90. The predicted octanol–water partition coefficient (Wildman–Crippen LogP) is 4.66. The molecule has 2 heterocycles. The SMILES string of the molecule is C[C@@H]1C[C@H]2O[C@]3(C[C@@]4(C)[C@@H]5[C@@H](O)C[C@H]6C(C)(C)[C@@H](O)CC[C@@]67C[C@@]57CC[C@]4(C)[C@H]13)O[C@@H]2C(C)(C)O. The Kier molecular flexibility index (Phi) is 4.32. The summed E-state index contributed by atoms with van der Waals surface area (Å²) in [7, 11) is 0. The van der Waals surface area contributed by atoms with Crippen LogP contribution in [0.1, 0.15) is 99.8 Å². The average Bonchev–Trinajstić information content (AvgIpc) is 3.20. The van der Waals surface area contributed by atoms with E-state index in [9.17, 15) is 15.3 Å². The van der Waals surface area contributed by atoms with Crippen molar-refractivity contribution in [2.24, 2.45) is 50.7 Å². The Hall–Kier alpha value is -0.200. The molecule has 7 rings (SSSR count). The predicted molar refractivity (Wildman–Crippen MR) is 132 cm³/mol. The lowest BCUT2D eigenvalue weighted by atomic mass is 9.41. The molecule has 198 valence electrons. The standard InChI is InChI=1S/C30H48O5/c1-16-12-18-23(25(4,5)33)35-30(34-18)14-27(7)22-17(31)13-19-24(2,3)20(32)8-9-28(19)15-29(22,28)11-10-26(27,6)21(16)30/h16-23,31-33H,8-15H2,1-7H3/t16-,17+,18-,19+,20+,21+,22+,23+,26-,27+,28-,29+,30-/m1/s1. The highest BCUT2D eigenvalue weighted by atomic mass is 16.8. The smallest absolute Gasteiger partial charge is 0.173 e. The van der Waals surface area contributed by atoms with Gasteiger partial charge in [0.05, 0.1) is 23.9 Å². The molecular formula is C30H48O5. The quantitative estimate of drug-likeness (QED) is 0.500. The lowest BCUT2D eigenvalue weighted by Gasteiger charge is -2.64. The number of aliphatic hydroxyl groups is 3. The Balaban J connectivity index is 1.32. The van der Waals surface area contributed by atoms with Gasteiger partial charge in [0, 0.05) is 12.3 Å². The second kappa shape index (κ2) is 6.33. The van der Waals surface area contributed by atoms with Gasteiger partial charge in [-0.05, 0) is 104 Å². The van der Waals surface area contributed by atoms with Crippen LogP contribution >= 0.6 is 0 Å². The summed E-state index contributed by atoms with van der Waals surface area (Å²) in [6, 6.07) is 0. The first kappa shape index (κ1) is 23.9. The van der Waals surface area contributed by atoms with Gasteiger partial charge in [0.1, 0.15) is 6.10 Å². The monoisotopic (exact) mass is 488 g/mol. The van der Waals surface area contributed by atoms with Gasteiger partial charge >= 0.3 is 0 Å². The van der Waals surface area contributed by atoms with E-state index in [4.69, 9.17) is 9.47 Å². The summed E-state index contributed by atoms with van der Waals surface area (Å²) in [5, 5.41) is 33.9. The maximum atomic E-state index is 12.0. The van der Waals surface area contributed by atoms with E-state index in [1.807, 2.05) is 13.8 Å². The molecule has 0 aromatic carbocycles. The van der Waals surface area contributed by atoms with E-state index in [-0.39, 0.29) is 63.3 Å². The van der Waals surface area contributed by atoms with Crippen LogP contribution in [-0.2, 0) is 9.47 Å². The van der Waals surface area contributed by atoms with Crippen LogP contribution < -0.4 is 0 Å². The largest absolute Gasteiger partial charge is 0.393 e. The van der Waals surface area contributed by atoms with Crippen LogP contribution in [-0.4, -0.2) is 51.1 Å². The van der Waals surface area contributed by atoms with Crippen molar-refractivity contribution in [3.05, 3.63) is 0 Å². The molecule has 3 N–H and O–H groups in total. The van der Waals surface area contributed by atoms with Crippen molar-refractivity contribution in [2.75, 3.05) is 0 Å². The van der Waals surface area contributed by atoms with Gasteiger partial charge in [0.25, 0.3) is 0 Å². The normalized spacial score (nSPS) is 63.9. The Bertz CT molecular complexity index is 957. The van der Waals surface area contributed by atoms with Crippen molar-refractivity contribution in [2.45, 2.75) is 136 Å². The summed E-state index contributed by atoms with van der Waals surface area (Å²) in [5.74, 6) is 0.733. The van der Waals surface area contributed by atoms with E-state index >= 15 is 0 Å². The number of ether oxygens (including phenoxy) is 2. The minimum Gasteiger partial charge on any atom is -0.393 e. The Morgan fingerprint density at radius 1 is 0.829 bits per heavy atom. The fraction of sp³-hybridized carbons (Fsp3) is 1.00.